The lowest BCUT2D eigenvalue weighted by atomic mass is 9.93. The van der Waals surface area contributed by atoms with Crippen LogP contribution in [0.3, 0.4) is 0 Å². The zero-order chi connectivity index (χ0) is 11.8. The van der Waals surface area contributed by atoms with Crippen molar-refractivity contribution >= 4 is 5.78 Å². The van der Waals surface area contributed by atoms with Gasteiger partial charge in [0.1, 0.15) is 0 Å². The lowest BCUT2D eigenvalue weighted by Gasteiger charge is -2.10. The van der Waals surface area contributed by atoms with Crippen LogP contribution >= 0.6 is 0 Å². The first-order valence-corrected chi connectivity index (χ1v) is 5.63. The van der Waals surface area contributed by atoms with Crippen molar-refractivity contribution in [2.75, 3.05) is 0 Å². The Labute approximate surface area is 93.6 Å². The first-order valence-electron chi connectivity index (χ1n) is 5.63. The molecule has 0 radical (unpaired) electrons. The molecule has 0 aromatic heterocycles. The van der Waals surface area contributed by atoms with Gasteiger partial charge in [0, 0.05) is 5.57 Å². The quantitative estimate of drug-likeness (QED) is 0.450. The fourth-order valence-corrected chi connectivity index (χ4v) is 1.57. The highest BCUT2D eigenvalue weighted by molar-refractivity contribution is 6.08. The fraction of sp³-hybridized carbons (Fsp3) is 0.500. The lowest BCUT2D eigenvalue weighted by Crippen LogP contribution is -2.06. The van der Waals surface area contributed by atoms with E-state index in [2.05, 4.69) is 27.0 Å². The molecular weight excluding hydrogens is 184 g/mol. The van der Waals surface area contributed by atoms with E-state index in [1.165, 1.54) is 0 Å². The third-order valence-corrected chi connectivity index (χ3v) is 2.32. The maximum atomic E-state index is 11.9. The van der Waals surface area contributed by atoms with Crippen molar-refractivity contribution < 1.29 is 4.79 Å². The fourth-order valence-electron chi connectivity index (χ4n) is 1.57. The van der Waals surface area contributed by atoms with Gasteiger partial charge in [-0.05, 0) is 30.9 Å². The molecule has 84 valence electrons. The number of Topliss-reactive ketones (excluding diaryl/α,β-unsaturated/α-hetero) is 1. The van der Waals surface area contributed by atoms with Crippen LogP contribution in [0.25, 0.3) is 0 Å². The summed E-state index contributed by atoms with van der Waals surface area (Å²) in [4.78, 5) is 11.9. The van der Waals surface area contributed by atoms with Crippen molar-refractivity contribution in [3.63, 3.8) is 0 Å². The Morgan fingerprint density at radius 1 is 1.20 bits per heavy atom. The van der Waals surface area contributed by atoms with E-state index in [9.17, 15) is 4.79 Å². The third-order valence-electron chi connectivity index (χ3n) is 2.32. The lowest BCUT2D eigenvalue weighted by molar-refractivity contribution is -0.112. The molecule has 0 N–H and O–H groups in total. The number of ketones is 1. The first-order chi connectivity index (χ1) is 7.08. The minimum absolute atomic E-state index is 0.0974. The SMILES string of the molecule is C=C/C(CCC)=C(\CCC)C(=O)C(=C)C. The van der Waals surface area contributed by atoms with E-state index >= 15 is 0 Å². The van der Waals surface area contributed by atoms with E-state index in [-0.39, 0.29) is 5.78 Å². The Morgan fingerprint density at radius 3 is 2.07 bits per heavy atom. The zero-order valence-corrected chi connectivity index (χ0v) is 10.2. The van der Waals surface area contributed by atoms with Gasteiger partial charge in [-0.15, -0.1) is 0 Å². The topological polar surface area (TPSA) is 17.1 Å². The van der Waals surface area contributed by atoms with Gasteiger partial charge in [0.15, 0.2) is 5.78 Å². The van der Waals surface area contributed by atoms with Gasteiger partial charge in [-0.1, -0.05) is 45.9 Å². The van der Waals surface area contributed by atoms with Crippen molar-refractivity contribution in [2.45, 2.75) is 46.5 Å². The molecule has 0 heterocycles. The summed E-state index contributed by atoms with van der Waals surface area (Å²) in [6.45, 7) is 13.5. The summed E-state index contributed by atoms with van der Waals surface area (Å²) in [5.74, 6) is 0.0974. The molecule has 0 aliphatic heterocycles. The Morgan fingerprint density at radius 2 is 1.73 bits per heavy atom. The molecule has 0 atom stereocenters. The summed E-state index contributed by atoms with van der Waals surface area (Å²) in [5.41, 5.74) is 2.61. The van der Waals surface area contributed by atoms with Crippen LogP contribution in [0.1, 0.15) is 46.5 Å². The van der Waals surface area contributed by atoms with E-state index < -0.39 is 0 Å². The van der Waals surface area contributed by atoms with E-state index in [1.54, 1.807) is 6.92 Å². The van der Waals surface area contributed by atoms with Gasteiger partial charge in [-0.2, -0.15) is 0 Å². The molecule has 15 heavy (non-hydrogen) atoms. The summed E-state index contributed by atoms with van der Waals surface area (Å²) < 4.78 is 0. The second kappa shape index (κ2) is 7.22. The Kier molecular flexibility index (Phi) is 6.68. The molecule has 0 unspecified atom stereocenters. The molecule has 0 saturated heterocycles. The zero-order valence-electron chi connectivity index (χ0n) is 10.2. The highest BCUT2D eigenvalue weighted by atomic mass is 16.1. The minimum atomic E-state index is 0.0974. The van der Waals surface area contributed by atoms with E-state index in [4.69, 9.17) is 0 Å². The molecule has 0 aromatic carbocycles. The van der Waals surface area contributed by atoms with Crippen molar-refractivity contribution in [3.8, 4) is 0 Å². The number of carbonyl (C=O) groups is 1. The number of hydrogen-bond acceptors (Lipinski definition) is 1. The van der Waals surface area contributed by atoms with Crippen LogP contribution in [0.5, 0.6) is 0 Å². The van der Waals surface area contributed by atoms with Gasteiger partial charge >= 0.3 is 0 Å². The Hall–Kier alpha value is -1.11. The Bertz CT molecular complexity index is 282. The average Bonchev–Trinajstić information content (AvgIpc) is 2.22. The summed E-state index contributed by atoms with van der Waals surface area (Å²) in [6.07, 6.45) is 5.59. The van der Waals surface area contributed by atoms with Crippen LogP contribution in [0.2, 0.25) is 0 Å². The van der Waals surface area contributed by atoms with Gasteiger partial charge in [-0.3, -0.25) is 4.79 Å². The summed E-state index contributed by atoms with van der Waals surface area (Å²) in [5, 5.41) is 0. The number of rotatable bonds is 7. The molecule has 0 aliphatic carbocycles. The van der Waals surface area contributed by atoms with Crippen LogP contribution in [0.15, 0.2) is 36.0 Å². The monoisotopic (exact) mass is 206 g/mol. The molecule has 0 aromatic rings. The molecule has 0 aliphatic rings. The van der Waals surface area contributed by atoms with Crippen LogP contribution in [-0.4, -0.2) is 5.78 Å². The van der Waals surface area contributed by atoms with Crippen LogP contribution in [0, 0.1) is 0 Å². The molecule has 0 saturated carbocycles. The van der Waals surface area contributed by atoms with Gasteiger partial charge < -0.3 is 0 Å². The predicted octanol–water partition coefficient (Wildman–Crippen LogP) is 4.21. The predicted molar refractivity (Wildman–Crippen MR) is 66.9 cm³/mol. The molecule has 1 nitrogen and oxygen atoms in total. The van der Waals surface area contributed by atoms with Crippen LogP contribution in [-0.2, 0) is 4.79 Å². The smallest absolute Gasteiger partial charge is 0.184 e. The van der Waals surface area contributed by atoms with Crippen molar-refractivity contribution in [2.24, 2.45) is 0 Å². The van der Waals surface area contributed by atoms with Gasteiger partial charge in [0.2, 0.25) is 0 Å². The highest BCUT2D eigenvalue weighted by Gasteiger charge is 2.12. The molecule has 0 amide bonds. The van der Waals surface area contributed by atoms with Crippen molar-refractivity contribution in [1.29, 1.82) is 0 Å². The minimum Gasteiger partial charge on any atom is -0.289 e. The maximum Gasteiger partial charge on any atom is 0.184 e. The second-order valence-corrected chi connectivity index (χ2v) is 3.82. The van der Waals surface area contributed by atoms with Crippen LogP contribution in [0.4, 0.5) is 0 Å². The number of carbonyl (C=O) groups excluding carboxylic acids is 1. The van der Waals surface area contributed by atoms with Gasteiger partial charge in [0.25, 0.3) is 0 Å². The van der Waals surface area contributed by atoms with E-state index in [0.29, 0.717) is 5.57 Å². The van der Waals surface area contributed by atoms with E-state index in [0.717, 1.165) is 36.8 Å². The molecular formula is C14H22O. The highest BCUT2D eigenvalue weighted by Crippen LogP contribution is 2.20. The molecule has 0 spiro atoms. The second-order valence-electron chi connectivity index (χ2n) is 3.82. The summed E-state index contributed by atoms with van der Waals surface area (Å²) in [7, 11) is 0. The van der Waals surface area contributed by atoms with E-state index in [1.807, 2.05) is 6.08 Å². The number of allylic oxidation sites excluding steroid dienone is 4. The van der Waals surface area contributed by atoms with Crippen LogP contribution < -0.4 is 0 Å². The van der Waals surface area contributed by atoms with Crippen molar-refractivity contribution in [1.82, 2.24) is 0 Å². The molecule has 0 bridgehead atoms. The normalized spacial score (nSPS) is 11.9. The maximum absolute atomic E-state index is 11.9. The van der Waals surface area contributed by atoms with Gasteiger partial charge in [0.05, 0.1) is 0 Å². The number of hydrogen-bond donors (Lipinski definition) is 0. The Balaban J connectivity index is 5.12. The molecule has 1 heteroatoms. The van der Waals surface area contributed by atoms with Crippen molar-refractivity contribution in [3.05, 3.63) is 36.0 Å². The molecule has 0 fully saturated rings. The molecule has 0 rings (SSSR count). The van der Waals surface area contributed by atoms with Gasteiger partial charge in [-0.25, -0.2) is 0 Å². The average molecular weight is 206 g/mol. The standard InChI is InChI=1S/C14H22O/c1-6-9-12(8-3)13(10-7-2)14(15)11(4)5/h8H,3-4,6-7,9-10H2,1-2,5H3/b13-12-. The summed E-state index contributed by atoms with van der Waals surface area (Å²) >= 11 is 0. The largest absolute Gasteiger partial charge is 0.289 e. The summed E-state index contributed by atoms with van der Waals surface area (Å²) in [6, 6.07) is 0. The first kappa shape index (κ1) is 13.9. The third kappa shape index (κ3) is 4.28.